The monoisotopic (exact) mass is 387 g/mol. The van der Waals surface area contributed by atoms with Crippen molar-refractivity contribution in [2.75, 3.05) is 12.4 Å². The number of thioether (sulfide) groups is 1. The molecule has 3 rings (SSSR count). The molecule has 1 amide bonds. The van der Waals surface area contributed by atoms with Gasteiger partial charge in [0.05, 0.1) is 18.8 Å². The lowest BCUT2D eigenvalue weighted by Crippen LogP contribution is -2.22. The van der Waals surface area contributed by atoms with Crippen LogP contribution >= 0.6 is 11.8 Å². The van der Waals surface area contributed by atoms with Crippen molar-refractivity contribution < 1.29 is 18.3 Å². The summed E-state index contributed by atoms with van der Waals surface area (Å²) in [5.74, 6) is 0.549. The molecule has 140 valence electrons. The fourth-order valence-electron chi connectivity index (χ4n) is 2.29. The number of hydrogen-bond acceptors (Lipinski definition) is 6. The predicted molar refractivity (Wildman–Crippen MR) is 100 cm³/mol. The number of ether oxygens (including phenoxy) is 1. The molecule has 1 atom stereocenters. The number of carbonyl (C=O) groups is 1. The summed E-state index contributed by atoms with van der Waals surface area (Å²) in [7, 11) is 1.61. The highest BCUT2D eigenvalue weighted by Crippen LogP contribution is 2.24. The Labute approximate surface area is 160 Å². The summed E-state index contributed by atoms with van der Waals surface area (Å²) in [5.41, 5.74) is 1.41. The minimum Gasteiger partial charge on any atom is -0.497 e. The first-order valence-corrected chi connectivity index (χ1v) is 9.10. The second kappa shape index (κ2) is 8.68. The van der Waals surface area contributed by atoms with Gasteiger partial charge in [0, 0.05) is 5.69 Å². The van der Waals surface area contributed by atoms with Gasteiger partial charge in [-0.05, 0) is 42.8 Å². The molecule has 1 aromatic heterocycles. The van der Waals surface area contributed by atoms with Crippen molar-refractivity contribution in [3.63, 3.8) is 0 Å². The number of benzene rings is 2. The van der Waals surface area contributed by atoms with Crippen molar-refractivity contribution in [2.24, 2.45) is 0 Å². The first kappa shape index (κ1) is 18.9. The summed E-state index contributed by atoms with van der Waals surface area (Å²) in [5, 5.41) is 10.5. The lowest BCUT2D eigenvalue weighted by molar-refractivity contribution is -0.115. The normalized spacial score (nSPS) is 11.8. The maximum Gasteiger partial charge on any atom is 0.277 e. The topological polar surface area (TPSA) is 77.2 Å². The van der Waals surface area contributed by atoms with Crippen LogP contribution in [0.1, 0.15) is 18.4 Å². The summed E-state index contributed by atoms with van der Waals surface area (Å²) >= 11 is 1.15. The van der Waals surface area contributed by atoms with E-state index in [2.05, 4.69) is 15.5 Å². The molecule has 0 aliphatic rings. The Morgan fingerprint density at radius 1 is 1.26 bits per heavy atom. The molecule has 0 radical (unpaired) electrons. The lowest BCUT2D eigenvalue weighted by Gasteiger charge is -2.09. The van der Waals surface area contributed by atoms with Crippen LogP contribution in [-0.2, 0) is 11.2 Å². The van der Waals surface area contributed by atoms with Gasteiger partial charge < -0.3 is 14.5 Å². The van der Waals surface area contributed by atoms with E-state index >= 15 is 0 Å². The summed E-state index contributed by atoms with van der Waals surface area (Å²) in [6.45, 7) is 1.71. The van der Waals surface area contributed by atoms with Crippen molar-refractivity contribution in [1.82, 2.24) is 10.2 Å². The standard InChI is InChI=1S/C19H18FN3O3S/c1-12(18(24)21-15-5-3-4-14(20)11-15)27-19-23-22-17(26-19)10-13-6-8-16(25-2)9-7-13/h3-9,11-12H,10H2,1-2H3,(H,21,24)/t12-/m1/s1. The van der Waals surface area contributed by atoms with Crippen molar-refractivity contribution in [1.29, 1.82) is 0 Å². The molecule has 2 aromatic carbocycles. The maximum atomic E-state index is 13.2. The fraction of sp³-hybridized carbons (Fsp3) is 0.211. The van der Waals surface area contributed by atoms with Crippen LogP contribution in [0.4, 0.5) is 10.1 Å². The molecule has 1 N–H and O–H groups in total. The summed E-state index contributed by atoms with van der Waals surface area (Å²) in [6, 6.07) is 13.3. The predicted octanol–water partition coefficient (Wildman–Crippen LogP) is 3.93. The van der Waals surface area contributed by atoms with E-state index in [-0.39, 0.29) is 5.91 Å². The highest BCUT2D eigenvalue weighted by atomic mass is 32.2. The number of nitrogens with one attached hydrogen (secondary N) is 1. The minimum absolute atomic E-state index is 0.277. The fourth-order valence-corrected chi connectivity index (χ4v) is 2.99. The molecule has 0 aliphatic heterocycles. The van der Waals surface area contributed by atoms with Crippen LogP contribution in [0.5, 0.6) is 5.75 Å². The van der Waals surface area contributed by atoms with Crippen LogP contribution in [-0.4, -0.2) is 28.5 Å². The van der Waals surface area contributed by atoms with Crippen LogP contribution < -0.4 is 10.1 Å². The molecule has 0 saturated heterocycles. The van der Waals surface area contributed by atoms with Crippen molar-refractivity contribution in [3.05, 3.63) is 65.8 Å². The molecular weight excluding hydrogens is 369 g/mol. The minimum atomic E-state index is -0.484. The van der Waals surface area contributed by atoms with E-state index in [1.807, 2.05) is 24.3 Å². The number of nitrogens with zero attached hydrogens (tertiary/aromatic N) is 2. The first-order chi connectivity index (χ1) is 13.0. The molecule has 6 nitrogen and oxygen atoms in total. The van der Waals surface area contributed by atoms with E-state index in [1.54, 1.807) is 20.1 Å². The average molecular weight is 387 g/mol. The van der Waals surface area contributed by atoms with Crippen molar-refractivity contribution >= 4 is 23.4 Å². The zero-order valence-electron chi connectivity index (χ0n) is 14.8. The lowest BCUT2D eigenvalue weighted by atomic mass is 10.1. The molecule has 0 fully saturated rings. The highest BCUT2D eigenvalue weighted by Gasteiger charge is 2.18. The van der Waals surface area contributed by atoms with Crippen LogP contribution in [0.3, 0.4) is 0 Å². The third-order valence-electron chi connectivity index (χ3n) is 3.70. The van der Waals surface area contributed by atoms with E-state index in [0.29, 0.717) is 23.2 Å². The van der Waals surface area contributed by atoms with Gasteiger partial charge in [-0.3, -0.25) is 4.79 Å². The number of halogens is 1. The number of aromatic nitrogens is 2. The van der Waals surface area contributed by atoms with Gasteiger partial charge >= 0.3 is 0 Å². The van der Waals surface area contributed by atoms with E-state index in [1.165, 1.54) is 18.2 Å². The zero-order chi connectivity index (χ0) is 19.2. The van der Waals surface area contributed by atoms with Gasteiger partial charge in [-0.15, -0.1) is 10.2 Å². The molecule has 0 bridgehead atoms. The Balaban J connectivity index is 1.56. The average Bonchev–Trinajstić information content (AvgIpc) is 3.09. The molecule has 27 heavy (non-hydrogen) atoms. The van der Waals surface area contributed by atoms with Gasteiger partial charge in [0.25, 0.3) is 5.22 Å². The third kappa shape index (κ3) is 5.30. The number of rotatable bonds is 7. The summed E-state index contributed by atoms with van der Waals surface area (Å²) in [6.07, 6.45) is 0.488. The number of methoxy groups -OCH3 is 1. The SMILES string of the molecule is COc1ccc(Cc2nnc(S[C@H](C)C(=O)Nc3cccc(F)c3)o2)cc1. The van der Waals surface area contributed by atoms with Gasteiger partial charge in [-0.1, -0.05) is 30.0 Å². The maximum absolute atomic E-state index is 13.2. The van der Waals surface area contributed by atoms with Crippen LogP contribution in [0, 0.1) is 5.82 Å². The van der Waals surface area contributed by atoms with E-state index in [0.717, 1.165) is 23.1 Å². The van der Waals surface area contributed by atoms with E-state index < -0.39 is 11.1 Å². The molecule has 3 aromatic rings. The quantitative estimate of drug-likeness (QED) is 0.619. The Hall–Kier alpha value is -2.87. The zero-order valence-corrected chi connectivity index (χ0v) is 15.6. The van der Waals surface area contributed by atoms with Gasteiger partial charge in [-0.2, -0.15) is 0 Å². The molecule has 1 heterocycles. The van der Waals surface area contributed by atoms with Gasteiger partial charge in [0.2, 0.25) is 11.8 Å². The summed E-state index contributed by atoms with van der Waals surface area (Å²) < 4.78 is 23.9. The van der Waals surface area contributed by atoms with Gasteiger partial charge in [0.1, 0.15) is 11.6 Å². The Morgan fingerprint density at radius 2 is 2.04 bits per heavy atom. The Morgan fingerprint density at radius 3 is 2.74 bits per heavy atom. The van der Waals surface area contributed by atoms with Crippen LogP contribution in [0.15, 0.2) is 58.2 Å². The number of hydrogen-bond donors (Lipinski definition) is 1. The Bertz CT molecular complexity index is 915. The largest absolute Gasteiger partial charge is 0.497 e. The third-order valence-corrected chi connectivity index (χ3v) is 4.64. The second-order valence-electron chi connectivity index (χ2n) is 5.75. The Kier molecular flexibility index (Phi) is 6.08. The van der Waals surface area contributed by atoms with Gasteiger partial charge in [-0.25, -0.2) is 4.39 Å². The number of anilines is 1. The molecule has 0 spiro atoms. The second-order valence-corrected chi connectivity index (χ2v) is 7.04. The molecule has 0 saturated carbocycles. The van der Waals surface area contributed by atoms with E-state index in [4.69, 9.17) is 9.15 Å². The highest BCUT2D eigenvalue weighted by molar-refractivity contribution is 8.00. The van der Waals surface area contributed by atoms with Gasteiger partial charge in [0.15, 0.2) is 0 Å². The molecule has 8 heteroatoms. The molecule has 0 unspecified atom stereocenters. The number of amides is 1. The van der Waals surface area contributed by atoms with Crippen LogP contribution in [0.25, 0.3) is 0 Å². The smallest absolute Gasteiger partial charge is 0.277 e. The van der Waals surface area contributed by atoms with Crippen molar-refractivity contribution in [2.45, 2.75) is 23.8 Å². The van der Waals surface area contributed by atoms with Crippen LogP contribution in [0.2, 0.25) is 0 Å². The molecule has 0 aliphatic carbocycles. The summed E-state index contributed by atoms with van der Waals surface area (Å²) in [4.78, 5) is 12.2. The van der Waals surface area contributed by atoms with Crippen molar-refractivity contribution in [3.8, 4) is 5.75 Å². The number of carbonyl (C=O) groups excluding carboxylic acids is 1. The molecular formula is C19H18FN3O3S. The van der Waals surface area contributed by atoms with E-state index in [9.17, 15) is 9.18 Å². The first-order valence-electron chi connectivity index (χ1n) is 8.22.